The third-order valence-corrected chi connectivity index (χ3v) is 7.38. The standard InChI is InChI=1S/C25H24F2N2O4S/c26-22-11-10-21(16-23(22)27)34(32,33)28-20-8-6-19(7-9-20)25(31)29-14-12-18(13-15-29)24(30)17-4-2-1-3-5-17/h1-11,16,18,24,28,30H,12-15H2. The number of carbonyl (C=O) groups is 1. The molecular weight excluding hydrogens is 462 g/mol. The first kappa shape index (κ1) is 23.8. The van der Waals surface area contributed by atoms with Crippen LogP contribution in [0.15, 0.2) is 77.7 Å². The summed E-state index contributed by atoms with van der Waals surface area (Å²) in [6.07, 6.45) is 0.780. The van der Waals surface area contributed by atoms with Crippen LogP contribution in [0.2, 0.25) is 0 Å². The second-order valence-electron chi connectivity index (χ2n) is 8.24. The van der Waals surface area contributed by atoms with Crippen LogP contribution in [0.4, 0.5) is 14.5 Å². The van der Waals surface area contributed by atoms with E-state index < -0.39 is 32.7 Å². The molecule has 0 saturated carbocycles. The molecule has 9 heteroatoms. The summed E-state index contributed by atoms with van der Waals surface area (Å²) in [5.74, 6) is -2.51. The van der Waals surface area contributed by atoms with E-state index in [1.165, 1.54) is 24.3 Å². The van der Waals surface area contributed by atoms with Crippen molar-refractivity contribution in [2.24, 2.45) is 5.92 Å². The molecule has 1 saturated heterocycles. The van der Waals surface area contributed by atoms with Crippen LogP contribution >= 0.6 is 0 Å². The number of anilines is 1. The number of aliphatic hydroxyl groups is 1. The molecule has 6 nitrogen and oxygen atoms in total. The fourth-order valence-electron chi connectivity index (χ4n) is 4.06. The van der Waals surface area contributed by atoms with Crippen LogP contribution in [0.1, 0.15) is 34.9 Å². The molecule has 1 unspecified atom stereocenters. The highest BCUT2D eigenvalue weighted by atomic mass is 32.2. The highest BCUT2D eigenvalue weighted by molar-refractivity contribution is 7.92. The zero-order chi connectivity index (χ0) is 24.3. The second kappa shape index (κ2) is 9.90. The van der Waals surface area contributed by atoms with Gasteiger partial charge in [0.1, 0.15) is 0 Å². The van der Waals surface area contributed by atoms with Gasteiger partial charge in [-0.15, -0.1) is 0 Å². The number of aliphatic hydroxyl groups excluding tert-OH is 1. The predicted molar refractivity (Wildman–Crippen MR) is 124 cm³/mol. The summed E-state index contributed by atoms with van der Waals surface area (Å²) in [7, 11) is -4.12. The van der Waals surface area contributed by atoms with E-state index in [-0.39, 0.29) is 17.5 Å². The van der Waals surface area contributed by atoms with Gasteiger partial charge >= 0.3 is 0 Å². The van der Waals surface area contributed by atoms with Crippen LogP contribution in [-0.2, 0) is 10.0 Å². The number of amides is 1. The first-order valence-corrected chi connectivity index (χ1v) is 12.3. The number of carbonyl (C=O) groups excluding carboxylic acids is 1. The van der Waals surface area contributed by atoms with E-state index in [1.807, 2.05) is 30.3 Å². The van der Waals surface area contributed by atoms with Crippen molar-refractivity contribution in [3.63, 3.8) is 0 Å². The fourth-order valence-corrected chi connectivity index (χ4v) is 5.13. The number of sulfonamides is 1. The fraction of sp³-hybridized carbons (Fsp3) is 0.240. The SMILES string of the molecule is O=C(c1ccc(NS(=O)(=O)c2ccc(F)c(F)c2)cc1)N1CCC(C(O)c2ccccc2)CC1. The number of hydrogen-bond donors (Lipinski definition) is 2. The maximum Gasteiger partial charge on any atom is 0.261 e. The molecule has 2 N–H and O–H groups in total. The monoisotopic (exact) mass is 486 g/mol. The van der Waals surface area contributed by atoms with Crippen molar-refractivity contribution in [3.05, 3.63) is 95.6 Å². The topological polar surface area (TPSA) is 86.7 Å². The van der Waals surface area contributed by atoms with Crippen LogP contribution in [0.25, 0.3) is 0 Å². The van der Waals surface area contributed by atoms with E-state index in [0.29, 0.717) is 37.6 Å². The molecule has 1 heterocycles. The van der Waals surface area contributed by atoms with Gasteiger partial charge in [0.25, 0.3) is 15.9 Å². The average Bonchev–Trinajstić information content (AvgIpc) is 2.85. The molecule has 3 aromatic rings. The molecule has 0 spiro atoms. The van der Waals surface area contributed by atoms with Gasteiger partial charge in [-0.25, -0.2) is 17.2 Å². The second-order valence-corrected chi connectivity index (χ2v) is 9.93. The summed E-state index contributed by atoms with van der Waals surface area (Å²) in [5, 5.41) is 10.6. The van der Waals surface area contributed by atoms with Crippen LogP contribution in [0, 0.1) is 17.6 Å². The van der Waals surface area contributed by atoms with Gasteiger partial charge in [-0.3, -0.25) is 9.52 Å². The predicted octanol–water partition coefficient (Wildman–Crippen LogP) is 4.35. The Hall–Kier alpha value is -3.30. The van der Waals surface area contributed by atoms with E-state index in [1.54, 1.807) is 4.90 Å². The molecule has 0 bridgehead atoms. The Labute approximate surface area is 196 Å². The Kier molecular flexibility index (Phi) is 6.95. The van der Waals surface area contributed by atoms with Gasteiger partial charge in [0.05, 0.1) is 11.0 Å². The molecule has 1 atom stereocenters. The third-order valence-electron chi connectivity index (χ3n) is 6.00. The Balaban J connectivity index is 1.36. The number of halogens is 2. The molecule has 1 aliphatic rings. The smallest absolute Gasteiger partial charge is 0.261 e. The largest absolute Gasteiger partial charge is 0.388 e. The van der Waals surface area contributed by atoms with Crippen LogP contribution < -0.4 is 4.72 Å². The quantitative estimate of drug-likeness (QED) is 0.542. The number of piperidine rings is 1. The summed E-state index contributed by atoms with van der Waals surface area (Å²) in [5.41, 5.74) is 1.46. The molecular formula is C25H24F2N2O4S. The van der Waals surface area contributed by atoms with E-state index in [2.05, 4.69) is 4.72 Å². The van der Waals surface area contributed by atoms with Crippen molar-refractivity contribution >= 4 is 21.6 Å². The number of rotatable bonds is 6. The lowest BCUT2D eigenvalue weighted by Gasteiger charge is -2.34. The summed E-state index contributed by atoms with van der Waals surface area (Å²) in [6.45, 7) is 1.02. The van der Waals surface area contributed by atoms with Crippen molar-refractivity contribution in [2.75, 3.05) is 17.8 Å². The molecule has 0 aromatic heterocycles. The van der Waals surface area contributed by atoms with Crippen molar-refractivity contribution < 1.29 is 27.1 Å². The molecule has 3 aromatic carbocycles. The van der Waals surface area contributed by atoms with E-state index in [9.17, 15) is 27.1 Å². The maximum absolute atomic E-state index is 13.4. The molecule has 34 heavy (non-hydrogen) atoms. The summed E-state index contributed by atoms with van der Waals surface area (Å²) in [6, 6.07) is 17.7. The minimum atomic E-state index is -4.12. The average molecular weight is 487 g/mol. The highest BCUT2D eigenvalue weighted by Crippen LogP contribution is 2.31. The molecule has 178 valence electrons. The van der Waals surface area contributed by atoms with Gasteiger partial charge in [0.2, 0.25) is 0 Å². The molecule has 4 rings (SSSR count). The number of nitrogens with one attached hydrogen (secondary N) is 1. The lowest BCUT2D eigenvalue weighted by molar-refractivity contribution is 0.0462. The van der Waals surface area contributed by atoms with E-state index in [4.69, 9.17) is 0 Å². The Bertz CT molecular complexity index is 1260. The van der Waals surface area contributed by atoms with Gasteiger partial charge in [0.15, 0.2) is 11.6 Å². The molecule has 1 amide bonds. The summed E-state index contributed by atoms with van der Waals surface area (Å²) < 4.78 is 53.6. The lowest BCUT2D eigenvalue weighted by atomic mass is 9.87. The Morgan fingerprint density at radius 2 is 1.59 bits per heavy atom. The maximum atomic E-state index is 13.4. The van der Waals surface area contributed by atoms with E-state index in [0.717, 1.165) is 17.7 Å². The summed E-state index contributed by atoms with van der Waals surface area (Å²) in [4.78, 5) is 14.2. The first-order valence-electron chi connectivity index (χ1n) is 10.8. The third kappa shape index (κ3) is 5.26. The normalized spacial score (nSPS) is 15.7. The van der Waals surface area contributed by atoms with Crippen LogP contribution in [0.5, 0.6) is 0 Å². The van der Waals surface area contributed by atoms with Crippen LogP contribution in [-0.4, -0.2) is 37.4 Å². The minimum absolute atomic E-state index is 0.0690. The number of nitrogens with zero attached hydrogens (tertiary/aromatic N) is 1. The molecule has 1 aliphatic heterocycles. The van der Waals surface area contributed by atoms with Gasteiger partial charge in [-0.2, -0.15) is 0 Å². The van der Waals surface area contributed by atoms with Gasteiger partial charge in [-0.1, -0.05) is 30.3 Å². The number of benzene rings is 3. The zero-order valence-electron chi connectivity index (χ0n) is 18.2. The zero-order valence-corrected chi connectivity index (χ0v) is 19.0. The van der Waals surface area contributed by atoms with Crippen molar-refractivity contribution in [2.45, 2.75) is 23.8 Å². The Morgan fingerprint density at radius 3 is 2.21 bits per heavy atom. The van der Waals surface area contributed by atoms with Crippen LogP contribution in [0.3, 0.4) is 0 Å². The highest BCUT2D eigenvalue weighted by Gasteiger charge is 2.28. The molecule has 1 fully saturated rings. The minimum Gasteiger partial charge on any atom is -0.388 e. The van der Waals surface area contributed by atoms with Gasteiger partial charge in [-0.05, 0) is 66.8 Å². The van der Waals surface area contributed by atoms with Gasteiger partial charge < -0.3 is 10.0 Å². The molecule has 0 aliphatic carbocycles. The number of hydrogen-bond acceptors (Lipinski definition) is 4. The Morgan fingerprint density at radius 1 is 0.941 bits per heavy atom. The summed E-state index contributed by atoms with van der Waals surface area (Å²) >= 11 is 0. The van der Waals surface area contributed by atoms with E-state index >= 15 is 0 Å². The van der Waals surface area contributed by atoms with Crippen molar-refractivity contribution in [1.29, 1.82) is 0 Å². The molecule has 0 radical (unpaired) electrons. The number of likely N-dealkylation sites (tertiary alicyclic amines) is 1. The van der Waals surface area contributed by atoms with Crippen molar-refractivity contribution in [3.8, 4) is 0 Å². The van der Waals surface area contributed by atoms with Crippen molar-refractivity contribution in [1.82, 2.24) is 4.90 Å². The van der Waals surface area contributed by atoms with Gasteiger partial charge in [0, 0.05) is 24.3 Å². The first-order chi connectivity index (χ1) is 16.2. The lowest BCUT2D eigenvalue weighted by Crippen LogP contribution is -2.39.